The second kappa shape index (κ2) is 7.77. The summed E-state index contributed by atoms with van der Waals surface area (Å²) in [6.07, 6.45) is 0. The van der Waals surface area contributed by atoms with Crippen molar-refractivity contribution in [1.29, 1.82) is 0 Å². The highest BCUT2D eigenvalue weighted by atomic mass is 35.5. The van der Waals surface area contributed by atoms with Gasteiger partial charge in [0.15, 0.2) is 0 Å². The van der Waals surface area contributed by atoms with Gasteiger partial charge in [-0.15, -0.1) is 12.4 Å². The third-order valence-corrected chi connectivity index (χ3v) is 4.47. The van der Waals surface area contributed by atoms with Crippen LogP contribution in [0.3, 0.4) is 0 Å². The number of anilines is 2. The Labute approximate surface area is 153 Å². The monoisotopic (exact) mass is 365 g/mol. The van der Waals surface area contributed by atoms with E-state index in [1.807, 2.05) is 48.2 Å². The lowest BCUT2D eigenvalue weighted by molar-refractivity contribution is 0.0746. The molecule has 0 spiro atoms. The molecule has 6 heteroatoms. The average molecular weight is 366 g/mol. The fourth-order valence-electron chi connectivity index (χ4n) is 2.88. The van der Waals surface area contributed by atoms with E-state index in [4.69, 9.17) is 17.3 Å². The van der Waals surface area contributed by atoms with Gasteiger partial charge in [0.2, 0.25) is 0 Å². The molecule has 128 valence electrons. The second-order valence-corrected chi connectivity index (χ2v) is 6.27. The van der Waals surface area contributed by atoms with Crippen molar-refractivity contribution in [3.63, 3.8) is 0 Å². The molecule has 0 unspecified atom stereocenters. The van der Waals surface area contributed by atoms with E-state index < -0.39 is 0 Å². The molecule has 0 saturated carbocycles. The number of piperazine rings is 1. The van der Waals surface area contributed by atoms with Crippen LogP contribution in [0.4, 0.5) is 11.4 Å². The van der Waals surface area contributed by atoms with Gasteiger partial charge in [-0.2, -0.15) is 0 Å². The Morgan fingerprint density at radius 1 is 1.08 bits per heavy atom. The zero-order valence-electron chi connectivity index (χ0n) is 13.5. The van der Waals surface area contributed by atoms with E-state index in [1.165, 1.54) is 0 Å². The summed E-state index contributed by atoms with van der Waals surface area (Å²) >= 11 is 6.05. The first-order valence-electron chi connectivity index (χ1n) is 7.70. The van der Waals surface area contributed by atoms with Crippen LogP contribution in [-0.2, 0) is 0 Å². The quantitative estimate of drug-likeness (QED) is 0.826. The molecule has 0 radical (unpaired) electrons. The Balaban J connectivity index is 0.00000208. The number of aryl methyl sites for hydroxylation is 1. The number of nitrogens with two attached hydrogens (primary N) is 1. The molecular formula is C18H21Cl2N3O. The van der Waals surface area contributed by atoms with Crippen LogP contribution >= 0.6 is 24.0 Å². The molecule has 0 aromatic heterocycles. The van der Waals surface area contributed by atoms with Gasteiger partial charge in [-0.25, -0.2) is 0 Å². The third kappa shape index (κ3) is 3.94. The molecule has 1 aliphatic heterocycles. The molecule has 2 aromatic carbocycles. The van der Waals surface area contributed by atoms with Gasteiger partial charge in [0, 0.05) is 48.1 Å². The lowest BCUT2D eigenvalue weighted by Gasteiger charge is -2.36. The van der Waals surface area contributed by atoms with E-state index in [9.17, 15) is 4.79 Å². The van der Waals surface area contributed by atoms with Crippen molar-refractivity contribution in [1.82, 2.24) is 4.90 Å². The van der Waals surface area contributed by atoms with Crippen molar-refractivity contribution in [2.45, 2.75) is 6.92 Å². The highest BCUT2D eigenvalue weighted by Crippen LogP contribution is 2.22. The maximum Gasteiger partial charge on any atom is 0.254 e. The van der Waals surface area contributed by atoms with Gasteiger partial charge in [-0.05, 0) is 42.8 Å². The highest BCUT2D eigenvalue weighted by Gasteiger charge is 2.23. The van der Waals surface area contributed by atoms with Crippen LogP contribution in [0.15, 0.2) is 42.5 Å². The summed E-state index contributed by atoms with van der Waals surface area (Å²) in [5.41, 5.74) is 9.19. The minimum Gasteiger partial charge on any atom is -0.399 e. The normalized spacial score (nSPS) is 14.2. The zero-order valence-corrected chi connectivity index (χ0v) is 15.1. The SMILES string of the molecule is Cc1ccc(N)cc1C(=O)N1CCN(c2cccc(Cl)c2)CC1.Cl. The first-order valence-corrected chi connectivity index (χ1v) is 8.08. The molecule has 1 saturated heterocycles. The molecule has 1 aliphatic rings. The van der Waals surface area contributed by atoms with Crippen molar-refractivity contribution in [2.24, 2.45) is 0 Å². The number of carbonyl (C=O) groups is 1. The van der Waals surface area contributed by atoms with Crippen molar-refractivity contribution in [3.8, 4) is 0 Å². The van der Waals surface area contributed by atoms with Crippen molar-refractivity contribution < 1.29 is 4.79 Å². The Bertz CT molecular complexity index is 728. The minimum absolute atomic E-state index is 0. The van der Waals surface area contributed by atoms with Gasteiger partial charge >= 0.3 is 0 Å². The molecule has 2 aromatic rings. The molecule has 0 atom stereocenters. The van der Waals surface area contributed by atoms with Crippen molar-refractivity contribution in [3.05, 3.63) is 58.6 Å². The average Bonchev–Trinajstić information content (AvgIpc) is 2.56. The van der Waals surface area contributed by atoms with Gasteiger partial charge in [0.05, 0.1) is 0 Å². The first kappa shape index (κ1) is 18.4. The van der Waals surface area contributed by atoms with Crippen LogP contribution in [0.25, 0.3) is 0 Å². The summed E-state index contributed by atoms with van der Waals surface area (Å²) in [6, 6.07) is 13.3. The van der Waals surface area contributed by atoms with Crippen LogP contribution in [0.1, 0.15) is 15.9 Å². The molecule has 24 heavy (non-hydrogen) atoms. The van der Waals surface area contributed by atoms with Gasteiger partial charge in [-0.1, -0.05) is 23.7 Å². The largest absolute Gasteiger partial charge is 0.399 e. The van der Waals surface area contributed by atoms with Crippen LogP contribution in [0, 0.1) is 6.92 Å². The van der Waals surface area contributed by atoms with E-state index in [0.29, 0.717) is 24.3 Å². The number of nitrogens with zero attached hydrogens (tertiary/aromatic N) is 2. The summed E-state index contributed by atoms with van der Waals surface area (Å²) < 4.78 is 0. The van der Waals surface area contributed by atoms with Crippen LogP contribution in [0.5, 0.6) is 0 Å². The Morgan fingerprint density at radius 2 is 1.79 bits per heavy atom. The highest BCUT2D eigenvalue weighted by molar-refractivity contribution is 6.30. The molecule has 1 fully saturated rings. The molecule has 4 nitrogen and oxygen atoms in total. The number of carbonyl (C=O) groups excluding carboxylic acids is 1. The Kier molecular flexibility index (Phi) is 5.97. The summed E-state index contributed by atoms with van der Waals surface area (Å²) in [7, 11) is 0. The van der Waals surface area contributed by atoms with Crippen molar-refractivity contribution in [2.75, 3.05) is 36.8 Å². The number of amides is 1. The van der Waals surface area contributed by atoms with Gasteiger partial charge in [-0.3, -0.25) is 4.79 Å². The second-order valence-electron chi connectivity index (χ2n) is 5.83. The van der Waals surface area contributed by atoms with Gasteiger partial charge in [0.25, 0.3) is 5.91 Å². The molecule has 0 bridgehead atoms. The first-order chi connectivity index (χ1) is 11.0. The number of halogens is 2. The van der Waals surface area contributed by atoms with Crippen LogP contribution < -0.4 is 10.6 Å². The van der Waals surface area contributed by atoms with E-state index >= 15 is 0 Å². The summed E-state index contributed by atoms with van der Waals surface area (Å²) in [4.78, 5) is 16.8. The maximum atomic E-state index is 12.7. The maximum absolute atomic E-state index is 12.7. The molecular weight excluding hydrogens is 345 g/mol. The smallest absolute Gasteiger partial charge is 0.254 e. The predicted molar refractivity (Wildman–Crippen MR) is 102 cm³/mol. The van der Waals surface area contributed by atoms with Gasteiger partial charge in [0.1, 0.15) is 0 Å². The predicted octanol–water partition coefficient (Wildman–Crippen LogP) is 3.61. The number of hydrogen-bond acceptors (Lipinski definition) is 3. The standard InChI is InChI=1S/C18H20ClN3O.ClH/c1-13-5-6-15(20)12-17(13)18(23)22-9-7-21(8-10-22)16-4-2-3-14(19)11-16;/h2-6,11-12H,7-10,20H2,1H3;1H. The Hall–Kier alpha value is -1.91. The lowest BCUT2D eigenvalue weighted by Crippen LogP contribution is -2.49. The number of nitrogen functional groups attached to an aromatic ring is 1. The van der Waals surface area contributed by atoms with E-state index in [-0.39, 0.29) is 18.3 Å². The van der Waals surface area contributed by atoms with Crippen LogP contribution in [-0.4, -0.2) is 37.0 Å². The van der Waals surface area contributed by atoms with Crippen LogP contribution in [0.2, 0.25) is 5.02 Å². The number of hydrogen-bond donors (Lipinski definition) is 1. The summed E-state index contributed by atoms with van der Waals surface area (Å²) in [5, 5.41) is 0.733. The molecule has 3 rings (SSSR count). The zero-order chi connectivity index (χ0) is 16.4. The fourth-order valence-corrected chi connectivity index (χ4v) is 3.07. The van der Waals surface area contributed by atoms with Gasteiger partial charge < -0.3 is 15.5 Å². The molecule has 1 amide bonds. The molecule has 0 aliphatic carbocycles. The number of benzene rings is 2. The van der Waals surface area contributed by atoms with E-state index in [0.717, 1.165) is 29.4 Å². The molecule has 2 N–H and O–H groups in total. The minimum atomic E-state index is 0. The Morgan fingerprint density at radius 3 is 2.46 bits per heavy atom. The summed E-state index contributed by atoms with van der Waals surface area (Å²) in [6.45, 7) is 4.93. The lowest BCUT2D eigenvalue weighted by atomic mass is 10.1. The third-order valence-electron chi connectivity index (χ3n) is 4.23. The topological polar surface area (TPSA) is 49.6 Å². The number of rotatable bonds is 2. The fraction of sp³-hybridized carbons (Fsp3) is 0.278. The summed E-state index contributed by atoms with van der Waals surface area (Å²) in [5.74, 6) is 0.0561. The van der Waals surface area contributed by atoms with E-state index in [2.05, 4.69) is 4.90 Å². The molecule has 1 heterocycles. The van der Waals surface area contributed by atoms with E-state index in [1.54, 1.807) is 6.07 Å². The van der Waals surface area contributed by atoms with Crippen molar-refractivity contribution >= 4 is 41.3 Å².